The number of benzene rings is 1. The van der Waals surface area contributed by atoms with Gasteiger partial charge in [0.15, 0.2) is 11.9 Å². The van der Waals surface area contributed by atoms with Gasteiger partial charge in [0.05, 0.1) is 5.56 Å². The predicted molar refractivity (Wildman–Crippen MR) is 68.1 cm³/mol. The van der Waals surface area contributed by atoms with Crippen molar-refractivity contribution >= 4 is 11.8 Å². The number of carboxylic acids is 1. The highest BCUT2D eigenvalue weighted by Crippen LogP contribution is 2.23. The third-order valence-electron chi connectivity index (χ3n) is 2.61. The molecular formula is C14H18O4. The van der Waals surface area contributed by atoms with Crippen LogP contribution in [0.4, 0.5) is 0 Å². The minimum absolute atomic E-state index is 0.130. The molecule has 1 N–H and O–H groups in total. The Bertz CT molecular complexity index is 451. The molecule has 98 valence electrons. The van der Waals surface area contributed by atoms with E-state index in [1.165, 1.54) is 6.92 Å². The number of carbonyl (C=O) groups is 2. The Labute approximate surface area is 107 Å². The largest absolute Gasteiger partial charge is 0.479 e. The minimum Gasteiger partial charge on any atom is -0.479 e. The quantitative estimate of drug-likeness (QED) is 0.788. The van der Waals surface area contributed by atoms with Crippen molar-refractivity contribution < 1.29 is 19.4 Å². The molecule has 1 aromatic carbocycles. The van der Waals surface area contributed by atoms with Crippen LogP contribution in [0.3, 0.4) is 0 Å². The van der Waals surface area contributed by atoms with Gasteiger partial charge in [-0.05, 0) is 32.4 Å². The third kappa shape index (κ3) is 3.58. The van der Waals surface area contributed by atoms with Crippen molar-refractivity contribution in [3.05, 3.63) is 29.3 Å². The molecule has 0 aliphatic carbocycles. The summed E-state index contributed by atoms with van der Waals surface area (Å²) in [4.78, 5) is 22.5. The lowest BCUT2D eigenvalue weighted by Gasteiger charge is -2.16. The van der Waals surface area contributed by atoms with Crippen LogP contribution < -0.4 is 4.74 Å². The molecule has 0 aliphatic heterocycles. The van der Waals surface area contributed by atoms with Crippen LogP contribution >= 0.6 is 0 Å². The lowest BCUT2D eigenvalue weighted by Crippen LogP contribution is -2.27. The summed E-state index contributed by atoms with van der Waals surface area (Å²) >= 11 is 0. The van der Waals surface area contributed by atoms with E-state index in [0.29, 0.717) is 24.2 Å². The van der Waals surface area contributed by atoms with Gasteiger partial charge in [-0.1, -0.05) is 25.0 Å². The molecule has 0 saturated carbocycles. The highest BCUT2D eigenvalue weighted by Gasteiger charge is 2.20. The predicted octanol–water partition coefficient (Wildman–Crippen LogP) is 2.83. The summed E-state index contributed by atoms with van der Waals surface area (Å²) in [7, 11) is 0. The van der Waals surface area contributed by atoms with Crippen LogP contribution in [-0.4, -0.2) is 23.0 Å². The fourth-order valence-corrected chi connectivity index (χ4v) is 1.67. The summed E-state index contributed by atoms with van der Waals surface area (Å²) in [6, 6.07) is 5.16. The van der Waals surface area contributed by atoms with Crippen molar-refractivity contribution in [2.24, 2.45) is 0 Å². The number of ether oxygens (including phenoxy) is 1. The number of carbonyl (C=O) groups excluding carboxylic acids is 1. The second kappa shape index (κ2) is 6.19. The second-order valence-electron chi connectivity index (χ2n) is 4.29. The van der Waals surface area contributed by atoms with E-state index in [1.54, 1.807) is 18.2 Å². The second-order valence-corrected chi connectivity index (χ2v) is 4.29. The molecule has 0 amide bonds. The van der Waals surface area contributed by atoms with E-state index in [2.05, 4.69) is 0 Å². The standard InChI is InChI=1S/C14H18O4/c1-4-5-13(14(16)17)18-12-7-6-9(2)8-11(12)10(3)15/h6-8,13H,4-5H2,1-3H3,(H,16,17). The first-order chi connectivity index (χ1) is 8.45. The molecule has 1 aromatic rings. The molecule has 4 heteroatoms. The van der Waals surface area contributed by atoms with Crippen LogP contribution in [0.5, 0.6) is 5.75 Å². The monoisotopic (exact) mass is 250 g/mol. The Balaban J connectivity index is 3.01. The zero-order valence-corrected chi connectivity index (χ0v) is 10.9. The van der Waals surface area contributed by atoms with Crippen LogP contribution in [0.2, 0.25) is 0 Å². The van der Waals surface area contributed by atoms with Gasteiger partial charge in [0.2, 0.25) is 0 Å². The molecule has 18 heavy (non-hydrogen) atoms. The van der Waals surface area contributed by atoms with Crippen LogP contribution in [0.1, 0.15) is 42.6 Å². The van der Waals surface area contributed by atoms with E-state index in [9.17, 15) is 9.59 Å². The summed E-state index contributed by atoms with van der Waals surface area (Å²) < 4.78 is 5.44. The number of carboxylic acid groups (broad SMARTS) is 1. The molecule has 0 radical (unpaired) electrons. The van der Waals surface area contributed by atoms with Gasteiger partial charge < -0.3 is 9.84 Å². The maximum atomic E-state index is 11.5. The van der Waals surface area contributed by atoms with Gasteiger partial charge in [-0.25, -0.2) is 4.79 Å². The molecule has 0 aromatic heterocycles. The first kappa shape index (κ1) is 14.2. The molecule has 0 aliphatic rings. The van der Waals surface area contributed by atoms with Crippen LogP contribution in [-0.2, 0) is 4.79 Å². The molecule has 0 bridgehead atoms. The maximum Gasteiger partial charge on any atom is 0.344 e. The number of ketones is 1. The zero-order chi connectivity index (χ0) is 13.7. The van der Waals surface area contributed by atoms with Gasteiger partial charge in [0.1, 0.15) is 5.75 Å². The molecule has 0 saturated heterocycles. The fraction of sp³-hybridized carbons (Fsp3) is 0.429. The third-order valence-corrected chi connectivity index (χ3v) is 2.61. The number of rotatable bonds is 6. The average molecular weight is 250 g/mol. The van der Waals surface area contributed by atoms with Crippen molar-refractivity contribution in [2.45, 2.75) is 39.7 Å². The molecule has 1 rings (SSSR count). The van der Waals surface area contributed by atoms with Gasteiger partial charge in [-0.15, -0.1) is 0 Å². The Kier molecular flexibility index (Phi) is 4.89. The van der Waals surface area contributed by atoms with Gasteiger partial charge in [0.25, 0.3) is 0 Å². The van der Waals surface area contributed by atoms with E-state index in [1.807, 2.05) is 13.8 Å². The molecular weight excluding hydrogens is 232 g/mol. The van der Waals surface area contributed by atoms with Gasteiger partial charge >= 0.3 is 5.97 Å². The summed E-state index contributed by atoms with van der Waals surface area (Å²) in [5, 5.41) is 9.04. The Morgan fingerprint density at radius 2 is 2.06 bits per heavy atom. The van der Waals surface area contributed by atoms with E-state index >= 15 is 0 Å². The zero-order valence-electron chi connectivity index (χ0n) is 10.9. The smallest absolute Gasteiger partial charge is 0.344 e. The average Bonchev–Trinajstić information content (AvgIpc) is 2.30. The first-order valence-corrected chi connectivity index (χ1v) is 5.96. The summed E-state index contributed by atoms with van der Waals surface area (Å²) in [5.41, 5.74) is 1.37. The number of hydrogen-bond acceptors (Lipinski definition) is 3. The van der Waals surface area contributed by atoms with Gasteiger partial charge in [0, 0.05) is 0 Å². The van der Waals surface area contributed by atoms with E-state index in [-0.39, 0.29) is 5.78 Å². The number of aryl methyl sites for hydroxylation is 1. The SMILES string of the molecule is CCCC(Oc1ccc(C)cc1C(C)=O)C(=O)O. The number of hydrogen-bond donors (Lipinski definition) is 1. The molecule has 1 atom stereocenters. The highest BCUT2D eigenvalue weighted by molar-refractivity contribution is 5.97. The molecule has 1 unspecified atom stereocenters. The molecule has 0 heterocycles. The maximum absolute atomic E-state index is 11.5. The first-order valence-electron chi connectivity index (χ1n) is 5.96. The van der Waals surface area contributed by atoms with Crippen LogP contribution in [0.15, 0.2) is 18.2 Å². The molecule has 4 nitrogen and oxygen atoms in total. The summed E-state index contributed by atoms with van der Waals surface area (Å²) in [6.07, 6.45) is 0.217. The van der Waals surface area contributed by atoms with Crippen molar-refractivity contribution in [3.63, 3.8) is 0 Å². The number of Topliss-reactive ketones (excluding diaryl/α,β-unsaturated/α-hetero) is 1. The van der Waals surface area contributed by atoms with Gasteiger partial charge in [-0.3, -0.25) is 4.79 Å². The van der Waals surface area contributed by atoms with Gasteiger partial charge in [-0.2, -0.15) is 0 Å². The van der Waals surface area contributed by atoms with E-state index < -0.39 is 12.1 Å². The van der Waals surface area contributed by atoms with E-state index in [0.717, 1.165) is 5.56 Å². The Hall–Kier alpha value is -1.84. The fourth-order valence-electron chi connectivity index (χ4n) is 1.67. The topological polar surface area (TPSA) is 63.6 Å². The van der Waals surface area contributed by atoms with Crippen LogP contribution in [0, 0.1) is 6.92 Å². The lowest BCUT2D eigenvalue weighted by atomic mass is 10.1. The Morgan fingerprint density at radius 3 is 2.56 bits per heavy atom. The molecule has 0 fully saturated rings. The summed E-state index contributed by atoms with van der Waals surface area (Å²) in [6.45, 7) is 5.20. The number of aliphatic carboxylic acids is 1. The van der Waals surface area contributed by atoms with Crippen molar-refractivity contribution in [1.82, 2.24) is 0 Å². The van der Waals surface area contributed by atoms with Crippen molar-refractivity contribution in [3.8, 4) is 5.75 Å². The lowest BCUT2D eigenvalue weighted by molar-refractivity contribution is -0.145. The summed E-state index contributed by atoms with van der Waals surface area (Å²) in [5.74, 6) is -0.796. The van der Waals surface area contributed by atoms with Crippen molar-refractivity contribution in [1.29, 1.82) is 0 Å². The van der Waals surface area contributed by atoms with E-state index in [4.69, 9.17) is 9.84 Å². The Morgan fingerprint density at radius 1 is 1.39 bits per heavy atom. The normalized spacial score (nSPS) is 11.9. The van der Waals surface area contributed by atoms with Crippen LogP contribution in [0.25, 0.3) is 0 Å². The minimum atomic E-state index is -1.01. The van der Waals surface area contributed by atoms with Crippen molar-refractivity contribution in [2.75, 3.05) is 0 Å². The highest BCUT2D eigenvalue weighted by atomic mass is 16.5. The molecule has 0 spiro atoms.